The van der Waals surface area contributed by atoms with Crippen molar-refractivity contribution in [1.82, 2.24) is 14.9 Å². The van der Waals surface area contributed by atoms with E-state index in [0.29, 0.717) is 17.3 Å². The van der Waals surface area contributed by atoms with E-state index >= 15 is 0 Å². The quantitative estimate of drug-likeness (QED) is 0.655. The number of thioether (sulfide) groups is 1. The van der Waals surface area contributed by atoms with Gasteiger partial charge in [-0.05, 0) is 55.0 Å². The summed E-state index contributed by atoms with van der Waals surface area (Å²) in [5.41, 5.74) is 2.85. The summed E-state index contributed by atoms with van der Waals surface area (Å²) in [5, 5.41) is 14.4. The van der Waals surface area contributed by atoms with Gasteiger partial charge in [-0.25, -0.2) is 0 Å². The van der Waals surface area contributed by atoms with Gasteiger partial charge in [-0.15, -0.1) is 10.2 Å². The average Bonchev–Trinajstić information content (AvgIpc) is 3.15. The molecule has 0 saturated carbocycles. The molecule has 0 N–H and O–H groups in total. The molecule has 3 aromatic rings. The Bertz CT molecular complexity index is 1030. The second kappa shape index (κ2) is 7.55. The third-order valence-electron chi connectivity index (χ3n) is 4.51. The van der Waals surface area contributed by atoms with Crippen molar-refractivity contribution in [2.45, 2.75) is 17.3 Å². The molecule has 28 heavy (non-hydrogen) atoms. The van der Waals surface area contributed by atoms with Crippen molar-refractivity contribution in [3.8, 4) is 28.6 Å². The first-order chi connectivity index (χ1) is 13.6. The molecule has 0 spiro atoms. The fraction of sp³-hybridized carbons (Fsp3) is 0.250. The van der Waals surface area contributed by atoms with Crippen molar-refractivity contribution in [3.05, 3.63) is 48.0 Å². The first-order valence-electron chi connectivity index (χ1n) is 8.72. The lowest BCUT2D eigenvalue weighted by atomic mass is 10.1. The zero-order valence-corrected chi connectivity index (χ0v) is 16.9. The van der Waals surface area contributed by atoms with Crippen molar-refractivity contribution in [2.75, 3.05) is 21.3 Å². The summed E-state index contributed by atoms with van der Waals surface area (Å²) in [6, 6.07) is 13.5. The lowest BCUT2D eigenvalue weighted by Crippen LogP contribution is -2.21. The van der Waals surface area contributed by atoms with Gasteiger partial charge in [-0.3, -0.25) is 0 Å². The number of hydrogen-bond acceptors (Lipinski definition) is 7. The fourth-order valence-electron chi connectivity index (χ4n) is 3.04. The molecule has 0 aliphatic carbocycles. The van der Waals surface area contributed by atoms with Crippen LogP contribution < -0.4 is 14.2 Å². The second-order valence-corrected chi connectivity index (χ2v) is 7.47. The maximum Gasteiger partial charge on any atom is 0.213 e. The van der Waals surface area contributed by atoms with Crippen molar-refractivity contribution in [3.63, 3.8) is 0 Å². The fourth-order valence-corrected chi connectivity index (χ4v) is 3.97. The van der Waals surface area contributed by atoms with E-state index in [1.807, 2.05) is 42.5 Å². The highest BCUT2D eigenvalue weighted by atomic mass is 32.2. The van der Waals surface area contributed by atoms with Crippen LogP contribution in [-0.4, -0.2) is 47.2 Å². The lowest BCUT2D eigenvalue weighted by molar-refractivity contribution is 0.355. The Hall–Kier alpha value is -3.00. The molecule has 4 rings (SSSR count). The zero-order chi connectivity index (χ0) is 19.7. The van der Waals surface area contributed by atoms with Crippen LogP contribution in [0.1, 0.15) is 12.5 Å². The van der Waals surface area contributed by atoms with Gasteiger partial charge >= 0.3 is 0 Å². The number of benzene rings is 2. The van der Waals surface area contributed by atoms with Gasteiger partial charge in [-0.2, -0.15) is 9.78 Å². The minimum absolute atomic E-state index is 0.156. The Labute approximate surface area is 167 Å². The Balaban J connectivity index is 1.77. The van der Waals surface area contributed by atoms with Crippen LogP contribution in [0.5, 0.6) is 17.2 Å². The summed E-state index contributed by atoms with van der Waals surface area (Å²) >= 11 is 1.63. The number of methoxy groups -OCH3 is 3. The van der Waals surface area contributed by atoms with Crippen LogP contribution in [0.3, 0.4) is 0 Å². The van der Waals surface area contributed by atoms with E-state index in [0.717, 1.165) is 27.7 Å². The van der Waals surface area contributed by atoms with E-state index in [2.05, 4.69) is 17.1 Å². The Morgan fingerprint density at radius 3 is 2.25 bits per heavy atom. The summed E-state index contributed by atoms with van der Waals surface area (Å²) in [7, 11) is 4.88. The summed E-state index contributed by atoms with van der Waals surface area (Å²) in [6.45, 7) is 2.11. The third-order valence-corrected chi connectivity index (χ3v) is 5.56. The topological polar surface area (TPSA) is 70.8 Å². The van der Waals surface area contributed by atoms with Crippen LogP contribution in [0.2, 0.25) is 0 Å². The molecular weight excluding hydrogens is 376 g/mol. The molecule has 0 saturated heterocycles. The van der Waals surface area contributed by atoms with Gasteiger partial charge in [0.25, 0.3) is 0 Å². The summed E-state index contributed by atoms with van der Waals surface area (Å²) in [5.74, 6) is 2.77. The van der Waals surface area contributed by atoms with Crippen LogP contribution in [0, 0.1) is 0 Å². The Kier molecular flexibility index (Phi) is 4.95. The number of ether oxygens (including phenoxy) is 3. The summed E-state index contributed by atoms with van der Waals surface area (Å²) in [4.78, 5) is 0. The monoisotopic (exact) mass is 396 g/mol. The van der Waals surface area contributed by atoms with Crippen molar-refractivity contribution in [1.29, 1.82) is 0 Å². The van der Waals surface area contributed by atoms with Crippen molar-refractivity contribution in [2.24, 2.45) is 5.10 Å². The normalized spacial score (nSPS) is 15.6. The van der Waals surface area contributed by atoms with Gasteiger partial charge in [0, 0.05) is 5.56 Å². The molecule has 2 aromatic carbocycles. The van der Waals surface area contributed by atoms with E-state index in [1.165, 1.54) is 0 Å². The number of fused-ring (bicyclic) bond motifs is 1. The highest BCUT2D eigenvalue weighted by Gasteiger charge is 2.26. The van der Waals surface area contributed by atoms with Crippen LogP contribution in [-0.2, 0) is 0 Å². The van der Waals surface area contributed by atoms with Crippen LogP contribution in [0.4, 0.5) is 0 Å². The van der Waals surface area contributed by atoms with Gasteiger partial charge in [0.1, 0.15) is 5.75 Å². The SMILES string of the molecule is COc1ccc(C2=Nn3c(nnc3-c3ccc(OC)c(OC)c3)S[C@@H]2C)cc1. The molecule has 144 valence electrons. The highest BCUT2D eigenvalue weighted by molar-refractivity contribution is 8.00. The van der Waals surface area contributed by atoms with E-state index in [-0.39, 0.29) is 5.25 Å². The number of hydrogen-bond donors (Lipinski definition) is 0. The maximum absolute atomic E-state index is 5.41. The van der Waals surface area contributed by atoms with Gasteiger partial charge in [0.2, 0.25) is 5.16 Å². The van der Waals surface area contributed by atoms with Gasteiger partial charge in [0.15, 0.2) is 17.3 Å². The first kappa shape index (κ1) is 18.4. The zero-order valence-electron chi connectivity index (χ0n) is 16.0. The molecule has 1 aliphatic heterocycles. The van der Waals surface area contributed by atoms with E-state index in [1.54, 1.807) is 37.8 Å². The molecule has 7 nitrogen and oxygen atoms in total. The van der Waals surface area contributed by atoms with Crippen LogP contribution in [0.15, 0.2) is 52.7 Å². The molecule has 8 heteroatoms. The van der Waals surface area contributed by atoms with Crippen LogP contribution in [0.25, 0.3) is 11.4 Å². The van der Waals surface area contributed by atoms with Crippen molar-refractivity contribution < 1.29 is 14.2 Å². The van der Waals surface area contributed by atoms with Gasteiger partial charge in [-0.1, -0.05) is 11.8 Å². The minimum atomic E-state index is 0.156. The molecule has 0 unspecified atom stereocenters. The third kappa shape index (κ3) is 3.20. The number of aromatic nitrogens is 3. The van der Waals surface area contributed by atoms with Gasteiger partial charge < -0.3 is 14.2 Å². The maximum atomic E-state index is 5.41. The van der Waals surface area contributed by atoms with Crippen LogP contribution >= 0.6 is 11.8 Å². The summed E-state index contributed by atoms with van der Waals surface area (Å²) < 4.78 is 17.8. The number of rotatable bonds is 5. The average molecular weight is 396 g/mol. The highest BCUT2D eigenvalue weighted by Crippen LogP contribution is 2.36. The lowest BCUT2D eigenvalue weighted by Gasteiger charge is -2.20. The molecule has 0 fully saturated rings. The molecule has 1 aromatic heterocycles. The molecule has 2 heterocycles. The predicted molar refractivity (Wildman–Crippen MR) is 109 cm³/mol. The first-order valence-corrected chi connectivity index (χ1v) is 9.60. The molecule has 1 aliphatic rings. The second-order valence-electron chi connectivity index (χ2n) is 6.16. The molecule has 1 atom stereocenters. The van der Waals surface area contributed by atoms with Crippen molar-refractivity contribution >= 4 is 17.5 Å². The van der Waals surface area contributed by atoms with E-state index in [4.69, 9.17) is 19.3 Å². The Morgan fingerprint density at radius 1 is 0.857 bits per heavy atom. The number of nitrogens with zero attached hydrogens (tertiary/aromatic N) is 4. The van der Waals surface area contributed by atoms with E-state index in [9.17, 15) is 0 Å². The van der Waals surface area contributed by atoms with E-state index < -0.39 is 0 Å². The molecular formula is C20H20N4O3S. The molecule has 0 radical (unpaired) electrons. The van der Waals surface area contributed by atoms with Gasteiger partial charge in [0.05, 0.1) is 32.3 Å². The standard InChI is InChI=1S/C20H20N4O3S/c1-12-18(13-5-8-15(25-2)9-6-13)23-24-19(21-22-20(24)28-12)14-7-10-16(26-3)17(11-14)27-4/h5-12H,1-4H3/t12-/m1/s1. The minimum Gasteiger partial charge on any atom is -0.497 e. The molecule has 0 bridgehead atoms. The smallest absolute Gasteiger partial charge is 0.213 e. The molecule has 0 amide bonds. The summed E-state index contributed by atoms with van der Waals surface area (Å²) in [6.07, 6.45) is 0. The largest absolute Gasteiger partial charge is 0.497 e. The predicted octanol–water partition coefficient (Wildman–Crippen LogP) is 3.72. The Morgan fingerprint density at radius 2 is 1.57 bits per heavy atom.